The van der Waals surface area contributed by atoms with E-state index in [2.05, 4.69) is 25.1 Å². The van der Waals surface area contributed by atoms with E-state index in [-0.39, 0.29) is 5.02 Å². The molecule has 27 heavy (non-hydrogen) atoms. The molecule has 1 aromatic carbocycles. The number of aromatic nitrogens is 4. The zero-order valence-corrected chi connectivity index (χ0v) is 15.9. The molecule has 2 heterocycles. The molecule has 0 bridgehead atoms. The molecular formula is C19H22ClFN6. The molecule has 142 valence electrons. The highest BCUT2D eigenvalue weighted by molar-refractivity contribution is 6.31. The first kappa shape index (κ1) is 18.1. The van der Waals surface area contributed by atoms with Crippen LogP contribution in [0.2, 0.25) is 5.02 Å². The highest BCUT2D eigenvalue weighted by atomic mass is 35.5. The van der Waals surface area contributed by atoms with Crippen LogP contribution in [0.5, 0.6) is 0 Å². The number of rotatable bonds is 4. The number of fused-ring (bicyclic) bond motifs is 1. The lowest BCUT2D eigenvalue weighted by atomic mass is 9.84. The van der Waals surface area contributed by atoms with Crippen molar-refractivity contribution in [3.05, 3.63) is 35.2 Å². The van der Waals surface area contributed by atoms with E-state index < -0.39 is 5.82 Å². The van der Waals surface area contributed by atoms with Crippen molar-refractivity contribution in [1.29, 1.82) is 0 Å². The molecule has 3 aromatic rings. The molecule has 0 spiro atoms. The van der Waals surface area contributed by atoms with Gasteiger partial charge in [-0.1, -0.05) is 30.5 Å². The summed E-state index contributed by atoms with van der Waals surface area (Å²) in [6, 6.07) is 5.17. The van der Waals surface area contributed by atoms with Crippen LogP contribution in [0, 0.1) is 11.7 Å². The fraction of sp³-hybridized carbons (Fsp3) is 0.421. The molecule has 0 saturated heterocycles. The molecule has 2 aromatic heterocycles. The molecule has 6 nitrogen and oxygen atoms in total. The average Bonchev–Trinajstić information content (AvgIpc) is 3.12. The van der Waals surface area contributed by atoms with Gasteiger partial charge in [-0.3, -0.25) is 5.10 Å². The maximum atomic E-state index is 14.4. The fourth-order valence-electron chi connectivity index (χ4n) is 3.98. The number of nitrogens with one attached hydrogen (secondary N) is 1. The standard InChI is InChI=1S/C19H22ClFN6/c1-27(14-8-3-2-5-11(14)9-22)15-10-23-18-17(25-26-19(18)24-15)12-6-4-7-13(20)16(12)21/h4,6-7,10-11,14H,2-3,5,8-9,22H2,1H3,(H,24,25,26)/t11-,14+/m0/s1. The Morgan fingerprint density at radius 2 is 2.15 bits per heavy atom. The highest BCUT2D eigenvalue weighted by Gasteiger charge is 2.28. The molecule has 2 atom stereocenters. The number of nitrogens with two attached hydrogens (primary N) is 1. The molecule has 1 aliphatic carbocycles. The largest absolute Gasteiger partial charge is 0.355 e. The maximum Gasteiger partial charge on any atom is 0.177 e. The van der Waals surface area contributed by atoms with E-state index in [0.717, 1.165) is 18.7 Å². The second-order valence-electron chi connectivity index (χ2n) is 7.06. The number of nitrogens with zero attached hydrogens (tertiary/aromatic N) is 4. The van der Waals surface area contributed by atoms with E-state index >= 15 is 0 Å². The van der Waals surface area contributed by atoms with E-state index in [0.29, 0.717) is 40.9 Å². The molecule has 1 saturated carbocycles. The van der Waals surface area contributed by atoms with Gasteiger partial charge in [-0.25, -0.2) is 14.4 Å². The van der Waals surface area contributed by atoms with Crippen LogP contribution in [0.25, 0.3) is 22.4 Å². The predicted molar refractivity (Wildman–Crippen MR) is 105 cm³/mol. The molecule has 1 aliphatic rings. The van der Waals surface area contributed by atoms with Crippen LogP contribution in [-0.4, -0.2) is 39.8 Å². The Labute approximate surface area is 161 Å². The van der Waals surface area contributed by atoms with Gasteiger partial charge in [-0.2, -0.15) is 5.10 Å². The number of H-pyrrole nitrogens is 1. The van der Waals surface area contributed by atoms with Crippen LogP contribution in [0.4, 0.5) is 10.2 Å². The minimum atomic E-state index is -0.511. The first-order chi connectivity index (χ1) is 13.1. The van der Waals surface area contributed by atoms with Crippen molar-refractivity contribution < 1.29 is 4.39 Å². The Kier molecular flexibility index (Phi) is 4.97. The molecule has 0 amide bonds. The Hall–Kier alpha value is -2.25. The molecule has 4 rings (SSSR count). The molecule has 3 N–H and O–H groups in total. The molecular weight excluding hydrogens is 367 g/mol. The second kappa shape index (κ2) is 7.40. The summed E-state index contributed by atoms with van der Waals surface area (Å²) in [6.07, 6.45) is 6.38. The van der Waals surface area contributed by atoms with Gasteiger partial charge in [-0.05, 0) is 37.4 Å². The first-order valence-corrected chi connectivity index (χ1v) is 9.56. The van der Waals surface area contributed by atoms with E-state index in [4.69, 9.17) is 17.3 Å². The van der Waals surface area contributed by atoms with Gasteiger partial charge in [0.25, 0.3) is 0 Å². The van der Waals surface area contributed by atoms with E-state index in [9.17, 15) is 4.39 Å². The zero-order chi connectivity index (χ0) is 19.0. The van der Waals surface area contributed by atoms with Crippen LogP contribution in [0.1, 0.15) is 25.7 Å². The van der Waals surface area contributed by atoms with E-state index in [1.165, 1.54) is 18.9 Å². The Bertz CT molecular complexity index is 959. The van der Waals surface area contributed by atoms with Crippen LogP contribution in [-0.2, 0) is 0 Å². The van der Waals surface area contributed by atoms with Gasteiger partial charge in [0.15, 0.2) is 11.5 Å². The predicted octanol–water partition coefficient (Wildman–Crippen LogP) is 3.77. The smallest absolute Gasteiger partial charge is 0.177 e. The number of hydrogen-bond acceptors (Lipinski definition) is 5. The monoisotopic (exact) mass is 388 g/mol. The lowest BCUT2D eigenvalue weighted by Crippen LogP contribution is -2.43. The van der Waals surface area contributed by atoms with Crippen LogP contribution >= 0.6 is 11.6 Å². The summed E-state index contributed by atoms with van der Waals surface area (Å²) in [5.41, 5.74) is 7.72. The van der Waals surface area contributed by atoms with Crippen molar-refractivity contribution in [2.24, 2.45) is 11.7 Å². The number of anilines is 1. The fourth-order valence-corrected chi connectivity index (χ4v) is 4.15. The molecule has 0 aliphatic heterocycles. The van der Waals surface area contributed by atoms with Gasteiger partial charge in [-0.15, -0.1) is 0 Å². The van der Waals surface area contributed by atoms with Crippen molar-refractivity contribution >= 4 is 28.6 Å². The normalized spacial score (nSPS) is 20.1. The Morgan fingerprint density at radius 1 is 1.33 bits per heavy atom. The summed E-state index contributed by atoms with van der Waals surface area (Å²) < 4.78 is 14.4. The van der Waals surface area contributed by atoms with Gasteiger partial charge in [0.1, 0.15) is 17.0 Å². The number of aromatic amines is 1. The van der Waals surface area contributed by atoms with Crippen molar-refractivity contribution in [2.45, 2.75) is 31.7 Å². The molecule has 8 heteroatoms. The Balaban J connectivity index is 1.69. The summed E-state index contributed by atoms with van der Waals surface area (Å²) in [7, 11) is 2.03. The van der Waals surface area contributed by atoms with Gasteiger partial charge in [0.2, 0.25) is 0 Å². The zero-order valence-electron chi connectivity index (χ0n) is 15.1. The average molecular weight is 389 g/mol. The van der Waals surface area contributed by atoms with Crippen molar-refractivity contribution in [3.63, 3.8) is 0 Å². The van der Waals surface area contributed by atoms with Crippen molar-refractivity contribution in [1.82, 2.24) is 20.2 Å². The molecule has 0 radical (unpaired) electrons. The molecule has 0 unspecified atom stereocenters. The first-order valence-electron chi connectivity index (χ1n) is 9.18. The highest BCUT2D eigenvalue weighted by Crippen LogP contribution is 2.32. The van der Waals surface area contributed by atoms with Crippen LogP contribution in [0.15, 0.2) is 24.4 Å². The van der Waals surface area contributed by atoms with Gasteiger partial charge in [0.05, 0.1) is 11.2 Å². The number of halogens is 2. The summed E-state index contributed by atoms with van der Waals surface area (Å²) in [5.74, 6) is 0.706. The van der Waals surface area contributed by atoms with E-state index in [1.54, 1.807) is 18.3 Å². The van der Waals surface area contributed by atoms with Crippen LogP contribution < -0.4 is 10.6 Å². The Morgan fingerprint density at radius 3 is 2.96 bits per heavy atom. The third-order valence-corrected chi connectivity index (χ3v) is 5.79. The maximum absolute atomic E-state index is 14.4. The third-order valence-electron chi connectivity index (χ3n) is 5.49. The topological polar surface area (TPSA) is 83.7 Å². The lowest BCUT2D eigenvalue weighted by molar-refractivity contribution is 0.305. The van der Waals surface area contributed by atoms with Crippen molar-refractivity contribution in [3.8, 4) is 11.3 Å². The minimum Gasteiger partial charge on any atom is -0.355 e. The summed E-state index contributed by atoms with van der Waals surface area (Å²) in [6.45, 7) is 0.674. The SMILES string of the molecule is CN(c1cnc2c(-c3cccc(Cl)c3F)n[nH]c2n1)[C@@H]1CCCC[C@H]1CN. The van der Waals surface area contributed by atoms with Crippen LogP contribution in [0.3, 0.4) is 0 Å². The minimum absolute atomic E-state index is 0.0538. The van der Waals surface area contributed by atoms with Gasteiger partial charge in [0, 0.05) is 18.7 Å². The number of benzene rings is 1. The van der Waals surface area contributed by atoms with Gasteiger partial charge >= 0.3 is 0 Å². The lowest BCUT2D eigenvalue weighted by Gasteiger charge is -2.38. The quantitative estimate of drug-likeness (QED) is 0.710. The number of hydrogen-bond donors (Lipinski definition) is 2. The van der Waals surface area contributed by atoms with E-state index in [1.807, 2.05) is 7.05 Å². The summed E-state index contributed by atoms with van der Waals surface area (Å²) in [4.78, 5) is 11.3. The second-order valence-corrected chi connectivity index (χ2v) is 7.46. The molecule has 1 fully saturated rings. The van der Waals surface area contributed by atoms with Gasteiger partial charge < -0.3 is 10.6 Å². The summed E-state index contributed by atoms with van der Waals surface area (Å²) in [5, 5.41) is 7.15. The summed E-state index contributed by atoms with van der Waals surface area (Å²) >= 11 is 5.90. The third kappa shape index (κ3) is 3.26. The van der Waals surface area contributed by atoms with Crippen molar-refractivity contribution in [2.75, 3.05) is 18.5 Å².